The van der Waals surface area contributed by atoms with E-state index in [1.807, 2.05) is 18.2 Å². The molecule has 2 heterocycles. The highest BCUT2D eigenvalue weighted by Crippen LogP contribution is 2.26. The average Bonchev–Trinajstić information content (AvgIpc) is 3.07. The topological polar surface area (TPSA) is 123 Å². The molecule has 0 saturated carbocycles. The van der Waals surface area contributed by atoms with Crippen molar-refractivity contribution in [2.75, 3.05) is 13.2 Å². The van der Waals surface area contributed by atoms with Crippen molar-refractivity contribution >= 4 is 23.8 Å². The van der Waals surface area contributed by atoms with Crippen molar-refractivity contribution < 1.29 is 33.4 Å². The van der Waals surface area contributed by atoms with Crippen molar-refractivity contribution in [2.24, 2.45) is 0 Å². The van der Waals surface area contributed by atoms with E-state index in [9.17, 15) is 19.2 Å². The molecule has 0 bridgehead atoms. The summed E-state index contributed by atoms with van der Waals surface area (Å²) in [5, 5.41) is 0. The van der Waals surface area contributed by atoms with Crippen LogP contribution in [0.2, 0.25) is 0 Å². The average molecular weight is 425 g/mol. The minimum absolute atomic E-state index is 0.0426. The van der Waals surface area contributed by atoms with E-state index in [2.05, 4.69) is 10.9 Å². The molecule has 2 aromatic rings. The van der Waals surface area contributed by atoms with Crippen molar-refractivity contribution in [3.8, 4) is 0 Å². The highest BCUT2D eigenvalue weighted by Gasteiger charge is 2.42. The molecule has 0 spiro atoms. The number of rotatable bonds is 4. The Hall–Kier alpha value is -3.76. The first-order valence-corrected chi connectivity index (χ1v) is 9.51. The Morgan fingerprint density at radius 2 is 1.48 bits per heavy atom. The molecule has 0 unspecified atom stereocenters. The second-order valence-electron chi connectivity index (χ2n) is 6.85. The number of ether oxygens (including phenoxy) is 3. The molecule has 2 aliphatic heterocycles. The van der Waals surface area contributed by atoms with Crippen LogP contribution in [0, 0.1) is 0 Å². The standard InChI is InChI=1S/C21H19N3O7/c25-17(22-23-21(28)31-10-13-6-2-1-3-7-13)20-29-11-14(12-30-20)24-18(26)15-8-4-5-9-16(15)19(24)27/h1-9,14,20H,10-12H2,(H,22,25)(H,23,28). The Morgan fingerprint density at radius 3 is 2.10 bits per heavy atom. The van der Waals surface area contributed by atoms with Gasteiger partial charge in [0, 0.05) is 0 Å². The first kappa shape index (κ1) is 20.5. The fourth-order valence-corrected chi connectivity index (χ4v) is 3.26. The molecule has 0 atom stereocenters. The van der Waals surface area contributed by atoms with E-state index in [1.165, 1.54) is 0 Å². The number of imide groups is 1. The van der Waals surface area contributed by atoms with E-state index in [0.717, 1.165) is 10.5 Å². The van der Waals surface area contributed by atoms with Crippen molar-refractivity contribution in [2.45, 2.75) is 18.9 Å². The van der Waals surface area contributed by atoms with E-state index >= 15 is 0 Å². The zero-order valence-electron chi connectivity index (χ0n) is 16.3. The minimum Gasteiger partial charge on any atom is -0.443 e. The Bertz CT molecular complexity index is 968. The van der Waals surface area contributed by atoms with Gasteiger partial charge < -0.3 is 14.2 Å². The maximum Gasteiger partial charge on any atom is 0.426 e. The highest BCUT2D eigenvalue weighted by atomic mass is 16.7. The third-order valence-electron chi connectivity index (χ3n) is 4.79. The number of amides is 4. The summed E-state index contributed by atoms with van der Waals surface area (Å²) in [6.07, 6.45) is -2.15. The quantitative estimate of drug-likeness (QED) is 0.553. The summed E-state index contributed by atoms with van der Waals surface area (Å²) in [6.45, 7) is -0.120. The molecule has 31 heavy (non-hydrogen) atoms. The van der Waals surface area contributed by atoms with Crippen LogP contribution in [-0.2, 0) is 25.6 Å². The van der Waals surface area contributed by atoms with Gasteiger partial charge in [0.2, 0.25) is 6.29 Å². The van der Waals surface area contributed by atoms with Gasteiger partial charge >= 0.3 is 6.09 Å². The number of hydrazine groups is 1. The molecule has 10 nitrogen and oxygen atoms in total. The first-order chi connectivity index (χ1) is 15.0. The molecular formula is C21H19N3O7. The summed E-state index contributed by atoms with van der Waals surface area (Å²) in [5.74, 6) is -1.61. The monoisotopic (exact) mass is 425 g/mol. The normalized spacial score (nSPS) is 20.2. The lowest BCUT2D eigenvalue weighted by atomic mass is 10.1. The maximum absolute atomic E-state index is 12.5. The van der Waals surface area contributed by atoms with E-state index in [4.69, 9.17) is 14.2 Å². The van der Waals surface area contributed by atoms with Crippen LogP contribution in [0.1, 0.15) is 26.3 Å². The Morgan fingerprint density at radius 1 is 0.903 bits per heavy atom. The second-order valence-corrected chi connectivity index (χ2v) is 6.85. The van der Waals surface area contributed by atoms with Gasteiger partial charge in [0.15, 0.2) is 0 Å². The van der Waals surface area contributed by atoms with E-state index in [0.29, 0.717) is 11.1 Å². The second kappa shape index (κ2) is 8.94. The third-order valence-corrected chi connectivity index (χ3v) is 4.79. The van der Waals surface area contributed by atoms with Crippen LogP contribution in [0.4, 0.5) is 4.79 Å². The van der Waals surface area contributed by atoms with Crippen LogP contribution < -0.4 is 10.9 Å². The van der Waals surface area contributed by atoms with Gasteiger partial charge in [-0.2, -0.15) is 0 Å². The van der Waals surface area contributed by atoms with E-state index in [1.54, 1.807) is 36.4 Å². The van der Waals surface area contributed by atoms with Crippen molar-refractivity contribution in [3.63, 3.8) is 0 Å². The summed E-state index contributed by atoms with van der Waals surface area (Å²) in [4.78, 5) is 49.9. The summed E-state index contributed by atoms with van der Waals surface area (Å²) in [6, 6.07) is 14.9. The van der Waals surface area contributed by atoms with Crippen molar-refractivity contribution in [1.82, 2.24) is 15.8 Å². The Labute approximate surface area is 177 Å². The first-order valence-electron chi connectivity index (χ1n) is 9.51. The van der Waals surface area contributed by atoms with E-state index < -0.39 is 36.1 Å². The van der Waals surface area contributed by atoms with Crippen LogP contribution in [0.3, 0.4) is 0 Å². The lowest BCUT2D eigenvalue weighted by Crippen LogP contribution is -2.55. The number of carbonyl (C=O) groups is 4. The van der Waals surface area contributed by atoms with Gasteiger partial charge in [-0.15, -0.1) is 0 Å². The fraction of sp³-hybridized carbons (Fsp3) is 0.238. The molecule has 2 aromatic carbocycles. The van der Waals surface area contributed by atoms with Gasteiger partial charge in [-0.1, -0.05) is 42.5 Å². The lowest BCUT2D eigenvalue weighted by molar-refractivity contribution is -0.202. The van der Waals surface area contributed by atoms with Gasteiger partial charge in [-0.05, 0) is 17.7 Å². The molecule has 4 rings (SSSR count). The summed E-state index contributed by atoms with van der Waals surface area (Å²) in [7, 11) is 0. The number of hydrogen-bond acceptors (Lipinski definition) is 7. The number of benzene rings is 2. The zero-order chi connectivity index (χ0) is 21.8. The number of fused-ring (bicyclic) bond motifs is 1. The molecule has 4 amide bonds. The maximum atomic E-state index is 12.5. The third kappa shape index (κ3) is 4.39. The molecule has 0 aliphatic carbocycles. The van der Waals surface area contributed by atoms with Crippen LogP contribution in [0.5, 0.6) is 0 Å². The SMILES string of the molecule is O=C(NNC(=O)C1OCC(N2C(=O)c3ccccc3C2=O)CO1)OCc1ccccc1. The molecule has 160 valence electrons. The van der Waals surface area contributed by atoms with Gasteiger partial charge in [-0.3, -0.25) is 24.7 Å². The predicted molar refractivity (Wildman–Crippen MR) is 104 cm³/mol. The molecule has 1 saturated heterocycles. The lowest BCUT2D eigenvalue weighted by Gasteiger charge is -2.32. The van der Waals surface area contributed by atoms with Gasteiger partial charge in [0.25, 0.3) is 17.7 Å². The Kier molecular flexibility index (Phi) is 5.92. The van der Waals surface area contributed by atoms with Crippen LogP contribution >= 0.6 is 0 Å². The number of hydrogen-bond donors (Lipinski definition) is 2. The molecule has 2 N–H and O–H groups in total. The minimum atomic E-state index is -1.30. The fourth-order valence-electron chi connectivity index (χ4n) is 3.26. The van der Waals surface area contributed by atoms with E-state index in [-0.39, 0.29) is 19.8 Å². The van der Waals surface area contributed by atoms with Crippen molar-refractivity contribution in [1.29, 1.82) is 0 Å². The molecular weight excluding hydrogens is 406 g/mol. The van der Waals surface area contributed by atoms with Crippen LogP contribution in [0.15, 0.2) is 54.6 Å². The number of nitrogens with one attached hydrogen (secondary N) is 2. The predicted octanol–water partition coefficient (Wildman–Crippen LogP) is 0.982. The Balaban J connectivity index is 1.23. The highest BCUT2D eigenvalue weighted by molar-refractivity contribution is 6.21. The van der Waals surface area contributed by atoms with Crippen LogP contribution in [0.25, 0.3) is 0 Å². The largest absolute Gasteiger partial charge is 0.443 e. The molecule has 0 radical (unpaired) electrons. The van der Waals surface area contributed by atoms with Crippen LogP contribution in [-0.4, -0.2) is 54.3 Å². The summed E-state index contributed by atoms with van der Waals surface area (Å²) < 4.78 is 15.7. The molecule has 2 aliphatic rings. The van der Waals surface area contributed by atoms with Gasteiger partial charge in [0.1, 0.15) is 6.61 Å². The summed E-state index contributed by atoms with van der Waals surface area (Å²) in [5.41, 5.74) is 5.69. The van der Waals surface area contributed by atoms with Crippen molar-refractivity contribution in [3.05, 3.63) is 71.3 Å². The molecule has 0 aromatic heterocycles. The zero-order valence-corrected chi connectivity index (χ0v) is 16.3. The van der Waals surface area contributed by atoms with Gasteiger partial charge in [-0.25, -0.2) is 10.2 Å². The summed E-state index contributed by atoms with van der Waals surface area (Å²) >= 11 is 0. The molecule has 10 heteroatoms. The number of nitrogens with zero attached hydrogens (tertiary/aromatic N) is 1. The number of carbonyl (C=O) groups excluding carboxylic acids is 4. The molecule has 1 fully saturated rings. The smallest absolute Gasteiger partial charge is 0.426 e. The van der Waals surface area contributed by atoms with Gasteiger partial charge in [0.05, 0.1) is 30.4 Å².